The minimum atomic E-state index is -0.551. The smallest absolute Gasteiger partial charge is 0.300 e. The van der Waals surface area contributed by atoms with Gasteiger partial charge < -0.3 is 5.32 Å². The Morgan fingerprint density at radius 1 is 1.16 bits per heavy atom. The molecule has 2 nitrogen and oxygen atoms in total. The van der Waals surface area contributed by atoms with Gasteiger partial charge in [-0.3, -0.25) is 4.79 Å². The maximum Gasteiger partial charge on any atom is 0.300 e. The zero-order chi connectivity index (χ0) is 13.7. The van der Waals surface area contributed by atoms with Crippen LogP contribution in [0.4, 0.5) is 10.1 Å². The maximum atomic E-state index is 13.5. The maximum absolute atomic E-state index is 13.5. The van der Waals surface area contributed by atoms with Crippen molar-refractivity contribution in [1.82, 2.24) is 0 Å². The van der Waals surface area contributed by atoms with Crippen LogP contribution in [0.2, 0.25) is 0 Å². The predicted molar refractivity (Wildman–Crippen MR) is 76.0 cm³/mol. The largest absolute Gasteiger partial charge is 0.313 e. The van der Waals surface area contributed by atoms with Crippen molar-refractivity contribution in [2.75, 3.05) is 5.32 Å². The normalized spacial score (nSPS) is 9.37. The summed E-state index contributed by atoms with van der Waals surface area (Å²) < 4.78 is 14.1. The van der Waals surface area contributed by atoms with Crippen molar-refractivity contribution in [1.29, 1.82) is 0 Å². The van der Waals surface area contributed by atoms with Crippen LogP contribution in [-0.4, -0.2) is 5.91 Å². The molecule has 0 aliphatic rings. The molecule has 0 aromatic heterocycles. The van der Waals surface area contributed by atoms with Crippen molar-refractivity contribution in [3.05, 3.63) is 64.4 Å². The molecular formula is C15H9BrFNO. The number of amides is 1. The Kier molecular flexibility index (Phi) is 4.32. The van der Waals surface area contributed by atoms with Gasteiger partial charge in [0.25, 0.3) is 0 Å². The number of hydrogen-bond donors (Lipinski definition) is 1. The van der Waals surface area contributed by atoms with Gasteiger partial charge in [0.2, 0.25) is 0 Å². The lowest BCUT2D eigenvalue weighted by Gasteiger charge is -2.02. The molecule has 0 atom stereocenters. The fourth-order valence-electron chi connectivity index (χ4n) is 1.39. The molecule has 2 aromatic carbocycles. The number of halogens is 2. The van der Waals surface area contributed by atoms with Crippen molar-refractivity contribution in [3.63, 3.8) is 0 Å². The highest BCUT2D eigenvalue weighted by Gasteiger charge is 2.04. The average molecular weight is 318 g/mol. The van der Waals surface area contributed by atoms with Gasteiger partial charge in [0.05, 0.1) is 5.69 Å². The first-order chi connectivity index (χ1) is 9.15. The molecular weight excluding hydrogens is 309 g/mol. The molecule has 2 rings (SSSR count). The number of nitrogens with one attached hydrogen (secondary N) is 1. The SMILES string of the molecule is O=C(C#Cc1ccccc1)Nc1ccc(Br)cc1F. The van der Waals surface area contributed by atoms with Gasteiger partial charge in [-0.2, -0.15) is 0 Å². The van der Waals surface area contributed by atoms with Crippen molar-refractivity contribution >= 4 is 27.5 Å². The summed E-state index contributed by atoms with van der Waals surface area (Å²) in [6.07, 6.45) is 0. The van der Waals surface area contributed by atoms with Crippen LogP contribution >= 0.6 is 15.9 Å². The minimum absolute atomic E-state index is 0.107. The molecule has 0 aliphatic carbocycles. The molecule has 0 aliphatic heterocycles. The van der Waals surface area contributed by atoms with E-state index in [1.165, 1.54) is 12.1 Å². The molecule has 0 unspecified atom stereocenters. The fourth-order valence-corrected chi connectivity index (χ4v) is 1.73. The van der Waals surface area contributed by atoms with Gasteiger partial charge in [-0.25, -0.2) is 4.39 Å². The van der Waals surface area contributed by atoms with Crippen LogP contribution in [0.5, 0.6) is 0 Å². The van der Waals surface area contributed by atoms with E-state index < -0.39 is 11.7 Å². The fraction of sp³-hybridized carbons (Fsp3) is 0. The van der Waals surface area contributed by atoms with Gasteiger partial charge >= 0.3 is 5.91 Å². The molecule has 2 aromatic rings. The second-order valence-electron chi connectivity index (χ2n) is 3.69. The third-order valence-corrected chi connectivity index (χ3v) is 2.77. The standard InChI is InChI=1S/C15H9BrFNO/c16-12-7-8-14(13(17)10-12)18-15(19)9-6-11-4-2-1-3-5-11/h1-5,7-8,10H,(H,18,19). The topological polar surface area (TPSA) is 29.1 Å². The molecule has 0 bridgehead atoms. The molecule has 0 spiro atoms. The first kappa shape index (κ1) is 13.3. The summed E-state index contributed by atoms with van der Waals surface area (Å²) in [7, 11) is 0. The molecule has 19 heavy (non-hydrogen) atoms. The summed E-state index contributed by atoms with van der Waals surface area (Å²) in [4.78, 5) is 11.6. The molecule has 0 fully saturated rings. The van der Waals surface area contributed by atoms with Crippen LogP contribution in [0.25, 0.3) is 0 Å². The van der Waals surface area contributed by atoms with E-state index in [0.717, 1.165) is 5.56 Å². The van der Waals surface area contributed by atoms with Gasteiger partial charge in [0.1, 0.15) is 5.82 Å². The molecule has 4 heteroatoms. The summed E-state index contributed by atoms with van der Waals surface area (Å²) >= 11 is 3.14. The second kappa shape index (κ2) is 6.17. The third kappa shape index (κ3) is 3.94. The number of carbonyl (C=O) groups is 1. The number of benzene rings is 2. The molecule has 1 amide bonds. The lowest BCUT2D eigenvalue weighted by atomic mass is 10.2. The quantitative estimate of drug-likeness (QED) is 0.800. The Labute approximate surface area is 118 Å². The Bertz CT molecular complexity index is 659. The first-order valence-corrected chi connectivity index (χ1v) is 6.27. The lowest BCUT2D eigenvalue weighted by Crippen LogP contribution is -2.09. The Balaban J connectivity index is 2.08. The van der Waals surface area contributed by atoms with Crippen molar-refractivity contribution in [3.8, 4) is 11.8 Å². The van der Waals surface area contributed by atoms with E-state index in [1.807, 2.05) is 18.2 Å². The summed E-state index contributed by atoms with van der Waals surface area (Å²) in [5, 5.41) is 2.40. The van der Waals surface area contributed by atoms with Crippen LogP contribution in [0.3, 0.4) is 0 Å². The predicted octanol–water partition coefficient (Wildman–Crippen LogP) is 3.58. The lowest BCUT2D eigenvalue weighted by molar-refractivity contribution is -0.111. The van der Waals surface area contributed by atoms with Crippen molar-refractivity contribution < 1.29 is 9.18 Å². The summed E-state index contributed by atoms with van der Waals surface area (Å²) in [5.41, 5.74) is 0.837. The molecule has 0 saturated heterocycles. The minimum Gasteiger partial charge on any atom is -0.313 e. The van der Waals surface area contributed by atoms with Crippen LogP contribution in [0.15, 0.2) is 53.0 Å². The van der Waals surface area contributed by atoms with E-state index in [2.05, 4.69) is 33.1 Å². The average Bonchev–Trinajstić information content (AvgIpc) is 2.41. The van der Waals surface area contributed by atoms with Crippen LogP contribution < -0.4 is 5.32 Å². The highest BCUT2D eigenvalue weighted by Crippen LogP contribution is 2.19. The zero-order valence-corrected chi connectivity index (χ0v) is 11.4. The van der Waals surface area contributed by atoms with E-state index in [4.69, 9.17) is 0 Å². The molecule has 94 valence electrons. The molecule has 0 heterocycles. The number of anilines is 1. The summed E-state index contributed by atoms with van der Waals surface area (Å²) in [6.45, 7) is 0. The number of carbonyl (C=O) groups excluding carboxylic acids is 1. The van der Waals surface area contributed by atoms with Crippen LogP contribution in [0.1, 0.15) is 5.56 Å². The third-order valence-electron chi connectivity index (χ3n) is 2.27. The Hall–Kier alpha value is -2.12. The highest BCUT2D eigenvalue weighted by molar-refractivity contribution is 9.10. The van der Waals surface area contributed by atoms with Crippen molar-refractivity contribution in [2.24, 2.45) is 0 Å². The second-order valence-corrected chi connectivity index (χ2v) is 4.61. The highest BCUT2D eigenvalue weighted by atomic mass is 79.9. The van der Waals surface area contributed by atoms with Gasteiger partial charge in [0, 0.05) is 16.0 Å². The molecule has 0 saturated carbocycles. The van der Waals surface area contributed by atoms with E-state index in [0.29, 0.717) is 4.47 Å². The van der Waals surface area contributed by atoms with Gasteiger partial charge in [-0.15, -0.1) is 0 Å². The summed E-state index contributed by atoms with van der Waals surface area (Å²) in [6, 6.07) is 13.5. The van der Waals surface area contributed by atoms with Gasteiger partial charge in [0.15, 0.2) is 0 Å². The van der Waals surface area contributed by atoms with Gasteiger partial charge in [-0.05, 0) is 30.3 Å². The number of rotatable bonds is 1. The monoisotopic (exact) mass is 317 g/mol. The first-order valence-electron chi connectivity index (χ1n) is 5.48. The Morgan fingerprint density at radius 2 is 1.89 bits per heavy atom. The molecule has 1 N–H and O–H groups in total. The van der Waals surface area contributed by atoms with E-state index >= 15 is 0 Å². The van der Waals surface area contributed by atoms with E-state index in [1.54, 1.807) is 18.2 Å². The van der Waals surface area contributed by atoms with E-state index in [9.17, 15) is 9.18 Å². The van der Waals surface area contributed by atoms with Crippen LogP contribution in [-0.2, 0) is 4.79 Å². The van der Waals surface area contributed by atoms with E-state index in [-0.39, 0.29) is 5.69 Å². The number of hydrogen-bond acceptors (Lipinski definition) is 1. The Morgan fingerprint density at radius 3 is 2.58 bits per heavy atom. The van der Waals surface area contributed by atoms with Crippen molar-refractivity contribution in [2.45, 2.75) is 0 Å². The summed E-state index contributed by atoms with van der Waals surface area (Å²) in [5.74, 6) is 4.05. The van der Waals surface area contributed by atoms with Gasteiger partial charge in [-0.1, -0.05) is 40.0 Å². The van der Waals surface area contributed by atoms with Crippen LogP contribution in [0, 0.1) is 17.7 Å². The zero-order valence-electron chi connectivity index (χ0n) is 9.78. The molecule has 0 radical (unpaired) electrons.